The first kappa shape index (κ1) is 14.6. The number of ether oxygens (including phenoxy) is 1. The van der Waals surface area contributed by atoms with Crippen LogP contribution in [-0.4, -0.2) is 29.9 Å². The first-order chi connectivity index (χ1) is 8.73. The van der Waals surface area contributed by atoms with Gasteiger partial charge in [-0.15, -0.1) is 0 Å². The average Bonchev–Trinajstić information content (AvgIpc) is 2.36. The van der Waals surface area contributed by atoms with Crippen molar-refractivity contribution in [2.75, 3.05) is 7.11 Å². The van der Waals surface area contributed by atoms with Gasteiger partial charge in [-0.1, -0.05) is 0 Å². The quantitative estimate of drug-likeness (QED) is 0.297. The zero-order valence-electron chi connectivity index (χ0n) is 9.09. The predicted molar refractivity (Wildman–Crippen MR) is 49.6 cm³/mol. The third-order valence-electron chi connectivity index (χ3n) is 2.07. The minimum absolute atomic E-state index is 0.702. The molecule has 0 aliphatic heterocycles. The van der Waals surface area contributed by atoms with Gasteiger partial charge in [-0.2, -0.15) is 0 Å². The van der Waals surface area contributed by atoms with Crippen molar-refractivity contribution >= 4 is 17.7 Å². The number of carboxylic acids is 1. The van der Waals surface area contributed by atoms with Crippen molar-refractivity contribution < 1.29 is 41.8 Å². The third kappa shape index (κ3) is 2.26. The number of carboxylic acid groups (broad SMARTS) is 1. The zero-order chi connectivity index (χ0) is 14.9. The summed E-state index contributed by atoms with van der Waals surface area (Å²) < 4.78 is 57.2. The van der Waals surface area contributed by atoms with E-state index in [1.165, 1.54) is 0 Å². The summed E-state index contributed by atoms with van der Waals surface area (Å²) in [5.74, 6) is -15.2. The Morgan fingerprint density at radius 2 is 1.26 bits per heavy atom. The van der Waals surface area contributed by atoms with Crippen LogP contribution in [-0.2, 0) is 9.53 Å². The molecule has 0 bridgehead atoms. The fourth-order valence-electron chi connectivity index (χ4n) is 1.22. The Labute approximate surface area is 102 Å². The largest absolute Gasteiger partial charge is 0.475 e. The van der Waals surface area contributed by atoms with Gasteiger partial charge in [0.15, 0.2) is 23.3 Å². The molecule has 0 unspecified atom stereocenters. The van der Waals surface area contributed by atoms with Gasteiger partial charge >= 0.3 is 11.9 Å². The molecule has 0 atom stereocenters. The van der Waals surface area contributed by atoms with E-state index in [1.54, 1.807) is 0 Å². The molecule has 0 saturated carbocycles. The first-order valence-corrected chi connectivity index (χ1v) is 4.45. The monoisotopic (exact) mass is 280 g/mol. The van der Waals surface area contributed by atoms with Gasteiger partial charge in [0.2, 0.25) is 0 Å². The van der Waals surface area contributed by atoms with E-state index in [0.717, 1.165) is 0 Å². The van der Waals surface area contributed by atoms with E-state index in [1.807, 2.05) is 0 Å². The van der Waals surface area contributed by atoms with Crippen LogP contribution < -0.4 is 0 Å². The summed E-state index contributed by atoms with van der Waals surface area (Å²) in [6.45, 7) is 0. The highest BCUT2D eigenvalue weighted by atomic mass is 19.2. The lowest BCUT2D eigenvalue weighted by molar-refractivity contribution is -0.131. The molecule has 0 aliphatic carbocycles. The van der Waals surface area contributed by atoms with Gasteiger partial charge in [-0.05, 0) is 0 Å². The van der Waals surface area contributed by atoms with Crippen molar-refractivity contribution in [3.05, 3.63) is 34.4 Å². The van der Waals surface area contributed by atoms with Crippen molar-refractivity contribution in [2.45, 2.75) is 0 Å². The fraction of sp³-hybridized carbons (Fsp3) is 0.100. The van der Waals surface area contributed by atoms with Crippen molar-refractivity contribution in [2.24, 2.45) is 0 Å². The highest BCUT2D eigenvalue weighted by molar-refractivity contribution is 6.40. The summed E-state index contributed by atoms with van der Waals surface area (Å²) >= 11 is 0. The van der Waals surface area contributed by atoms with E-state index in [2.05, 4.69) is 4.74 Å². The van der Waals surface area contributed by atoms with Gasteiger partial charge in [0.05, 0.1) is 7.11 Å². The number of carbonyl (C=O) groups excluding carboxylic acids is 2. The lowest BCUT2D eigenvalue weighted by Crippen LogP contribution is -2.21. The second-order valence-electron chi connectivity index (χ2n) is 3.13. The summed E-state index contributed by atoms with van der Waals surface area (Å²) in [6, 6.07) is 0. The van der Waals surface area contributed by atoms with E-state index >= 15 is 0 Å². The lowest BCUT2D eigenvalue weighted by atomic mass is 10.0. The number of benzene rings is 1. The second kappa shape index (κ2) is 5.04. The molecule has 0 saturated heterocycles. The molecule has 1 rings (SSSR count). The predicted octanol–water partition coefficient (Wildman–Crippen LogP) is 1.30. The Morgan fingerprint density at radius 1 is 0.895 bits per heavy atom. The van der Waals surface area contributed by atoms with Crippen LogP contribution in [0, 0.1) is 23.3 Å². The number of aliphatic carboxylic acids is 1. The minimum Gasteiger partial charge on any atom is -0.475 e. The normalized spacial score (nSPS) is 10.2. The van der Waals surface area contributed by atoms with Gasteiger partial charge in [0, 0.05) is 0 Å². The molecule has 0 radical (unpaired) electrons. The number of ketones is 1. The van der Waals surface area contributed by atoms with Crippen molar-refractivity contribution in [1.82, 2.24) is 0 Å². The number of halogens is 4. The number of Topliss-reactive ketones (excluding diaryl/α,β-unsaturated/α-hetero) is 1. The maximum atomic E-state index is 13.3. The molecule has 0 spiro atoms. The molecule has 0 heterocycles. The summed E-state index contributed by atoms with van der Waals surface area (Å²) in [4.78, 5) is 32.1. The van der Waals surface area contributed by atoms with E-state index in [0.29, 0.717) is 7.11 Å². The summed E-state index contributed by atoms with van der Waals surface area (Å²) in [5, 5.41) is 8.27. The highest BCUT2D eigenvalue weighted by Gasteiger charge is 2.34. The molecule has 1 N–H and O–H groups in total. The Morgan fingerprint density at radius 3 is 1.58 bits per heavy atom. The molecule has 0 fully saturated rings. The number of hydrogen-bond donors (Lipinski definition) is 1. The zero-order valence-corrected chi connectivity index (χ0v) is 9.09. The van der Waals surface area contributed by atoms with E-state index in [4.69, 9.17) is 5.11 Å². The minimum atomic E-state index is -2.32. The van der Waals surface area contributed by atoms with Crippen LogP contribution in [0.5, 0.6) is 0 Å². The molecule has 1 aromatic rings. The second-order valence-corrected chi connectivity index (χ2v) is 3.13. The van der Waals surface area contributed by atoms with Crippen LogP contribution in [0.4, 0.5) is 17.6 Å². The van der Waals surface area contributed by atoms with E-state index < -0.39 is 52.1 Å². The SMILES string of the molecule is COC(=O)c1c(F)c(F)c(C(=O)C(=O)O)c(F)c1F. The molecule has 1 aromatic carbocycles. The van der Waals surface area contributed by atoms with Crippen LogP contribution in [0.25, 0.3) is 0 Å². The number of rotatable bonds is 3. The first-order valence-electron chi connectivity index (χ1n) is 4.45. The van der Waals surface area contributed by atoms with Crippen molar-refractivity contribution in [3.63, 3.8) is 0 Å². The topological polar surface area (TPSA) is 80.7 Å². The Kier molecular flexibility index (Phi) is 3.88. The maximum absolute atomic E-state index is 13.3. The molecule has 0 aliphatic rings. The highest BCUT2D eigenvalue weighted by Crippen LogP contribution is 2.25. The molecule has 9 heteroatoms. The molecular formula is C10H4F4O5. The summed E-state index contributed by atoms with van der Waals surface area (Å²) in [6.07, 6.45) is 0. The molecule has 0 aromatic heterocycles. The smallest absolute Gasteiger partial charge is 0.377 e. The van der Waals surface area contributed by atoms with E-state index in [9.17, 15) is 31.9 Å². The van der Waals surface area contributed by atoms with Crippen LogP contribution in [0.15, 0.2) is 0 Å². The Balaban J connectivity index is 3.71. The summed E-state index contributed by atoms with van der Waals surface area (Å²) in [7, 11) is 0.702. The maximum Gasteiger partial charge on any atom is 0.377 e. The van der Waals surface area contributed by atoms with Gasteiger partial charge in [0.25, 0.3) is 5.78 Å². The number of esters is 1. The van der Waals surface area contributed by atoms with Crippen LogP contribution in [0.1, 0.15) is 20.7 Å². The van der Waals surface area contributed by atoms with Gasteiger partial charge in [-0.3, -0.25) is 4.79 Å². The fourth-order valence-corrected chi connectivity index (χ4v) is 1.22. The standard InChI is InChI=1S/C10H4F4O5/c1-19-10(18)3-6(13)4(11)2(5(12)7(3)14)8(15)9(16)17/h1H3,(H,16,17). The van der Waals surface area contributed by atoms with Crippen LogP contribution in [0.2, 0.25) is 0 Å². The third-order valence-corrected chi connectivity index (χ3v) is 2.07. The number of methoxy groups -OCH3 is 1. The Hall–Kier alpha value is -2.45. The van der Waals surface area contributed by atoms with E-state index in [-0.39, 0.29) is 0 Å². The average molecular weight is 280 g/mol. The van der Waals surface area contributed by atoms with Gasteiger partial charge in [0.1, 0.15) is 11.1 Å². The molecule has 102 valence electrons. The number of hydrogen-bond acceptors (Lipinski definition) is 4. The van der Waals surface area contributed by atoms with Crippen LogP contribution in [0.3, 0.4) is 0 Å². The summed E-state index contributed by atoms with van der Waals surface area (Å²) in [5.41, 5.74) is -3.63. The molecular weight excluding hydrogens is 276 g/mol. The van der Waals surface area contributed by atoms with Gasteiger partial charge < -0.3 is 9.84 Å². The van der Waals surface area contributed by atoms with Crippen molar-refractivity contribution in [1.29, 1.82) is 0 Å². The van der Waals surface area contributed by atoms with Gasteiger partial charge in [-0.25, -0.2) is 27.2 Å². The lowest BCUT2D eigenvalue weighted by Gasteiger charge is -2.08. The molecule has 19 heavy (non-hydrogen) atoms. The van der Waals surface area contributed by atoms with Crippen LogP contribution >= 0.6 is 0 Å². The van der Waals surface area contributed by atoms with Crippen molar-refractivity contribution in [3.8, 4) is 0 Å². The molecule has 5 nitrogen and oxygen atoms in total. The Bertz CT molecular complexity index is 567. The molecule has 0 amide bonds. The number of carbonyl (C=O) groups is 3.